The van der Waals surface area contributed by atoms with Crippen LogP contribution in [0.3, 0.4) is 0 Å². The van der Waals surface area contributed by atoms with Crippen LogP contribution in [0.2, 0.25) is 0 Å². The van der Waals surface area contributed by atoms with Crippen LogP contribution in [0.4, 0.5) is 24.9 Å². The van der Waals surface area contributed by atoms with Gasteiger partial charge in [0.1, 0.15) is 12.5 Å². The van der Waals surface area contributed by atoms with Crippen molar-refractivity contribution in [2.45, 2.75) is 50.0 Å². The van der Waals surface area contributed by atoms with Crippen LogP contribution in [0.1, 0.15) is 42.2 Å². The van der Waals surface area contributed by atoms with E-state index in [-0.39, 0.29) is 48.8 Å². The van der Waals surface area contributed by atoms with E-state index in [0.29, 0.717) is 44.3 Å². The molecule has 1 unspecified atom stereocenters. The van der Waals surface area contributed by atoms with E-state index in [9.17, 15) is 18.0 Å². The summed E-state index contributed by atoms with van der Waals surface area (Å²) in [6.07, 6.45) is -2.33. The van der Waals surface area contributed by atoms with Crippen LogP contribution in [0.25, 0.3) is 0 Å². The molecular formula is C21H27F3N6O3. The van der Waals surface area contributed by atoms with Crippen molar-refractivity contribution in [2.24, 2.45) is 16.4 Å². The summed E-state index contributed by atoms with van der Waals surface area (Å²) in [6.45, 7) is 3.95. The number of aldehydes is 1. The number of hydrogen-bond donors (Lipinski definition) is 1. The summed E-state index contributed by atoms with van der Waals surface area (Å²) in [7, 11) is 1.61. The van der Waals surface area contributed by atoms with E-state index >= 15 is 0 Å². The van der Waals surface area contributed by atoms with Crippen LogP contribution in [-0.2, 0) is 14.9 Å². The van der Waals surface area contributed by atoms with Gasteiger partial charge in [-0.25, -0.2) is 4.98 Å². The molecule has 180 valence electrons. The zero-order chi connectivity index (χ0) is 23.6. The van der Waals surface area contributed by atoms with Gasteiger partial charge < -0.3 is 20.1 Å². The highest BCUT2D eigenvalue weighted by molar-refractivity contribution is 5.84. The third-order valence-electron chi connectivity index (χ3n) is 7.38. The number of nitrogen functional groups attached to an aromatic ring is 1. The number of ether oxygens (including phenoxy) is 2. The van der Waals surface area contributed by atoms with E-state index in [1.165, 1.54) is 0 Å². The fraction of sp³-hybridized carbons (Fsp3) is 0.714. The van der Waals surface area contributed by atoms with Crippen molar-refractivity contribution in [1.82, 2.24) is 15.0 Å². The minimum absolute atomic E-state index is 0.000164. The maximum Gasteiger partial charge on any atom is 0.394 e. The van der Waals surface area contributed by atoms with E-state index in [4.69, 9.17) is 15.2 Å². The molecule has 0 spiro atoms. The van der Waals surface area contributed by atoms with Crippen LogP contribution in [0.15, 0.2) is 5.10 Å². The van der Waals surface area contributed by atoms with Gasteiger partial charge in [0, 0.05) is 44.3 Å². The molecule has 3 aliphatic carbocycles. The number of nitrogens with zero attached hydrogens (tertiary/aromatic N) is 5. The number of halogens is 3. The molecule has 0 aromatic carbocycles. The van der Waals surface area contributed by atoms with Gasteiger partial charge in [0.25, 0.3) is 0 Å². The Labute approximate surface area is 189 Å². The number of carbonyl (C=O) groups is 1. The third kappa shape index (κ3) is 3.45. The number of aromatic nitrogens is 2. The number of alkyl halides is 3. The SMILES string of the molecule is COCN1CC([C@H]2CN(c3nc(N)c(C=O)c(C45CC(C(F)(F)F)(C4)C5)n3)C[C@@H](C)O2)C=N1. The molecule has 0 radical (unpaired) electrons. The van der Waals surface area contributed by atoms with Crippen molar-refractivity contribution < 1.29 is 27.4 Å². The lowest BCUT2D eigenvalue weighted by atomic mass is 9.33. The second-order valence-electron chi connectivity index (χ2n) is 9.80. The Hall–Kier alpha value is -2.47. The van der Waals surface area contributed by atoms with Crippen LogP contribution >= 0.6 is 0 Å². The Balaban J connectivity index is 1.39. The quantitative estimate of drug-likeness (QED) is 0.632. The van der Waals surface area contributed by atoms with Crippen LogP contribution in [0.5, 0.6) is 0 Å². The van der Waals surface area contributed by atoms with E-state index < -0.39 is 17.0 Å². The average molecular weight is 468 g/mol. The Morgan fingerprint density at radius 3 is 2.64 bits per heavy atom. The third-order valence-corrected chi connectivity index (χ3v) is 7.38. The van der Waals surface area contributed by atoms with Gasteiger partial charge in [-0.1, -0.05) is 0 Å². The summed E-state index contributed by atoms with van der Waals surface area (Å²) in [5.41, 5.74) is 4.13. The maximum atomic E-state index is 13.4. The predicted molar refractivity (Wildman–Crippen MR) is 113 cm³/mol. The van der Waals surface area contributed by atoms with E-state index in [0.717, 1.165) is 0 Å². The van der Waals surface area contributed by atoms with Crippen molar-refractivity contribution >= 4 is 24.3 Å². The zero-order valence-electron chi connectivity index (χ0n) is 18.5. The summed E-state index contributed by atoms with van der Waals surface area (Å²) >= 11 is 0. The number of methoxy groups -OCH3 is 1. The molecule has 3 heterocycles. The summed E-state index contributed by atoms with van der Waals surface area (Å²) < 4.78 is 51.4. The van der Waals surface area contributed by atoms with Gasteiger partial charge in [0.2, 0.25) is 5.95 Å². The lowest BCUT2D eigenvalue weighted by molar-refractivity contribution is -0.337. The smallest absolute Gasteiger partial charge is 0.383 e. The molecule has 3 atom stereocenters. The molecule has 2 bridgehead atoms. The topological polar surface area (TPSA) is 106 Å². The highest BCUT2D eigenvalue weighted by Gasteiger charge is 2.79. The van der Waals surface area contributed by atoms with Crippen LogP contribution in [-0.4, -0.2) is 79.3 Å². The van der Waals surface area contributed by atoms with Gasteiger partial charge in [-0.2, -0.15) is 23.3 Å². The van der Waals surface area contributed by atoms with Gasteiger partial charge >= 0.3 is 6.18 Å². The number of carbonyl (C=O) groups excluding carboxylic acids is 1. The summed E-state index contributed by atoms with van der Waals surface area (Å²) in [5.74, 6) is 0.364. The highest BCUT2D eigenvalue weighted by atomic mass is 19.4. The number of hydrazone groups is 1. The monoisotopic (exact) mass is 468 g/mol. The van der Waals surface area contributed by atoms with Gasteiger partial charge in [-0.05, 0) is 26.2 Å². The molecule has 1 saturated heterocycles. The second kappa shape index (κ2) is 7.52. The number of rotatable bonds is 6. The predicted octanol–water partition coefficient (Wildman–Crippen LogP) is 1.97. The summed E-state index contributed by atoms with van der Waals surface area (Å²) in [5, 5.41) is 6.15. The Morgan fingerprint density at radius 2 is 2.00 bits per heavy atom. The van der Waals surface area contributed by atoms with Crippen molar-refractivity contribution in [1.29, 1.82) is 0 Å². The van der Waals surface area contributed by atoms with Crippen molar-refractivity contribution in [3.63, 3.8) is 0 Å². The van der Waals surface area contributed by atoms with E-state index in [1.54, 1.807) is 7.11 Å². The number of anilines is 2. The molecule has 2 aliphatic heterocycles. The molecule has 5 aliphatic rings. The largest absolute Gasteiger partial charge is 0.394 e. The molecule has 4 fully saturated rings. The minimum Gasteiger partial charge on any atom is -0.383 e. The fourth-order valence-corrected chi connectivity index (χ4v) is 5.83. The Kier molecular flexibility index (Phi) is 5.09. The average Bonchev–Trinajstić information content (AvgIpc) is 3.13. The van der Waals surface area contributed by atoms with Gasteiger partial charge in [0.05, 0.1) is 28.9 Å². The molecular weight excluding hydrogens is 441 g/mol. The zero-order valence-corrected chi connectivity index (χ0v) is 18.5. The first-order valence-corrected chi connectivity index (χ1v) is 11.0. The normalized spacial score (nSPS) is 35.4. The molecule has 2 N–H and O–H groups in total. The second-order valence-corrected chi connectivity index (χ2v) is 9.80. The van der Waals surface area contributed by atoms with E-state index in [2.05, 4.69) is 15.1 Å². The maximum absolute atomic E-state index is 13.4. The molecule has 0 amide bonds. The molecule has 1 aromatic heterocycles. The molecule has 6 rings (SSSR count). The molecule has 12 heteroatoms. The Morgan fingerprint density at radius 1 is 1.27 bits per heavy atom. The number of hydrogen-bond acceptors (Lipinski definition) is 9. The standard InChI is InChI=1S/C21H27F3N6O3/c1-12-4-29(6-15(33-12)13-3-26-30(5-13)11-32-2)18-27-16(14(7-31)17(25)28-18)19-8-20(9-19,10-19)21(22,23)24/h3,7,12-13,15H,4-6,8-11H2,1-2H3,(H2,25,27,28)/t12-,13?,15-,19?,20?/m1/s1. The Bertz CT molecular complexity index is 967. The molecule has 3 saturated carbocycles. The lowest BCUT2D eigenvalue weighted by Gasteiger charge is -2.70. The number of morpholine rings is 1. The van der Waals surface area contributed by atoms with Crippen molar-refractivity contribution in [2.75, 3.05) is 44.1 Å². The minimum atomic E-state index is -4.25. The van der Waals surface area contributed by atoms with Crippen molar-refractivity contribution in [3.05, 3.63) is 11.3 Å². The van der Waals surface area contributed by atoms with Gasteiger partial charge in [-0.15, -0.1) is 0 Å². The molecule has 1 aromatic rings. The van der Waals surface area contributed by atoms with Gasteiger partial charge in [0.15, 0.2) is 6.29 Å². The first kappa shape index (κ1) is 22.3. The fourth-order valence-electron chi connectivity index (χ4n) is 5.83. The molecule has 33 heavy (non-hydrogen) atoms. The van der Waals surface area contributed by atoms with Crippen LogP contribution < -0.4 is 10.6 Å². The highest BCUT2D eigenvalue weighted by Crippen LogP contribution is 2.78. The van der Waals surface area contributed by atoms with Crippen molar-refractivity contribution in [3.8, 4) is 0 Å². The first-order chi connectivity index (χ1) is 15.6. The molecule has 9 nitrogen and oxygen atoms in total. The first-order valence-electron chi connectivity index (χ1n) is 11.0. The summed E-state index contributed by atoms with van der Waals surface area (Å²) in [6, 6.07) is 0. The van der Waals surface area contributed by atoms with Crippen LogP contribution in [0, 0.1) is 11.3 Å². The van der Waals surface area contributed by atoms with E-state index in [1.807, 2.05) is 23.0 Å². The van der Waals surface area contributed by atoms with Gasteiger partial charge in [-0.3, -0.25) is 9.80 Å². The lowest BCUT2D eigenvalue weighted by Crippen LogP contribution is -2.71. The number of nitrogens with two attached hydrogens (primary N) is 1. The summed E-state index contributed by atoms with van der Waals surface area (Å²) in [4.78, 5) is 22.6.